The van der Waals surface area contributed by atoms with Crippen molar-refractivity contribution in [2.75, 3.05) is 6.54 Å². The van der Waals surface area contributed by atoms with E-state index in [9.17, 15) is 63.3 Å². The minimum Gasteiger partial charge on any atom is -0.480 e. The number of hydrogen-bond donors (Lipinski definition) is 10. The van der Waals surface area contributed by atoms with Crippen molar-refractivity contribution in [3.63, 3.8) is 0 Å². The minimum absolute atomic E-state index is 0.346. The molecule has 0 spiro atoms. The van der Waals surface area contributed by atoms with Gasteiger partial charge in [0.05, 0.1) is 6.54 Å². The summed E-state index contributed by atoms with van der Waals surface area (Å²) in [5.41, 5.74) is 4.88. The minimum atomic E-state index is -1.63. The Hall–Kier alpha value is -5.30. The molecule has 0 aromatic carbocycles. The first-order valence-corrected chi connectivity index (χ1v) is 13.0. The highest BCUT2D eigenvalue weighted by Crippen LogP contribution is 2.06. The standard InChI is InChI=1S/C24H36N6O14/c1-11(31)27-12(21(37)38)3-7-18(34)29-14(23(41)42)5-9-20(36)30-15(24(43)44)4-8-19(35)28-13(22(39)40)2-6-17(33)26-10-16(25)32/h12-15H,2-10H2,1H3,(H2,25,32)(H,26,33)(H,27,31)(H,28,35)(H,29,34)(H,30,36)(H,37,38)(H,39,40)(H,41,42)(H,43,44)/t12-,13-,14-,15-/m0/s1. The zero-order valence-electron chi connectivity index (χ0n) is 23.6. The Bertz CT molecular complexity index is 1130. The molecule has 0 saturated heterocycles. The maximum absolute atomic E-state index is 12.3. The van der Waals surface area contributed by atoms with Gasteiger partial charge < -0.3 is 52.7 Å². The molecule has 44 heavy (non-hydrogen) atoms. The average molecular weight is 633 g/mol. The Morgan fingerprint density at radius 1 is 0.500 bits per heavy atom. The van der Waals surface area contributed by atoms with Gasteiger partial charge in [0.15, 0.2) is 0 Å². The quantitative estimate of drug-likeness (QED) is 0.0544. The van der Waals surface area contributed by atoms with Crippen LogP contribution in [0.25, 0.3) is 0 Å². The van der Waals surface area contributed by atoms with Crippen LogP contribution in [0.5, 0.6) is 0 Å². The van der Waals surface area contributed by atoms with Crippen molar-refractivity contribution in [3.05, 3.63) is 0 Å². The lowest BCUT2D eigenvalue weighted by Gasteiger charge is -2.18. The first-order chi connectivity index (χ1) is 20.4. The van der Waals surface area contributed by atoms with Gasteiger partial charge in [-0.2, -0.15) is 0 Å². The number of aliphatic carboxylic acids is 4. The number of carboxylic acids is 4. The molecule has 0 aliphatic carbocycles. The molecule has 6 amide bonds. The third-order valence-corrected chi connectivity index (χ3v) is 5.68. The lowest BCUT2D eigenvalue weighted by molar-refractivity contribution is -0.144. The van der Waals surface area contributed by atoms with Crippen LogP contribution in [0.4, 0.5) is 0 Å². The van der Waals surface area contributed by atoms with Gasteiger partial charge >= 0.3 is 23.9 Å². The molecule has 0 aromatic heterocycles. The molecule has 0 heterocycles. The SMILES string of the molecule is CC(=O)N[C@@H](CCC(=O)N[C@@H](CCC(=O)N[C@@H](CCC(=O)N[C@@H](CCC(=O)NCC(N)=O)C(=O)O)C(=O)O)C(=O)O)C(=O)O. The number of primary amides is 1. The first-order valence-electron chi connectivity index (χ1n) is 13.0. The molecule has 11 N–H and O–H groups in total. The van der Waals surface area contributed by atoms with Crippen molar-refractivity contribution in [1.29, 1.82) is 0 Å². The molecule has 0 radical (unpaired) electrons. The van der Waals surface area contributed by atoms with Gasteiger partial charge in [-0.3, -0.25) is 28.8 Å². The number of hydrogen-bond acceptors (Lipinski definition) is 10. The van der Waals surface area contributed by atoms with Crippen LogP contribution < -0.4 is 32.3 Å². The topological polar surface area (TPSA) is 338 Å². The number of rotatable bonds is 22. The second-order valence-electron chi connectivity index (χ2n) is 9.36. The molecule has 0 bridgehead atoms. The second-order valence-corrected chi connectivity index (χ2v) is 9.36. The third-order valence-electron chi connectivity index (χ3n) is 5.68. The molecular weight excluding hydrogens is 596 g/mol. The van der Waals surface area contributed by atoms with E-state index in [1.54, 1.807) is 0 Å². The maximum atomic E-state index is 12.3. The zero-order valence-corrected chi connectivity index (χ0v) is 23.6. The van der Waals surface area contributed by atoms with Gasteiger partial charge in [-0.25, -0.2) is 19.2 Å². The fourth-order valence-corrected chi connectivity index (χ4v) is 3.45. The van der Waals surface area contributed by atoms with Crippen LogP contribution in [0.15, 0.2) is 0 Å². The van der Waals surface area contributed by atoms with E-state index in [2.05, 4.69) is 26.6 Å². The van der Waals surface area contributed by atoms with E-state index in [-0.39, 0.29) is 19.3 Å². The van der Waals surface area contributed by atoms with Crippen molar-refractivity contribution in [2.45, 2.75) is 82.5 Å². The van der Waals surface area contributed by atoms with Crippen LogP contribution in [0.3, 0.4) is 0 Å². The lowest BCUT2D eigenvalue weighted by atomic mass is 10.1. The molecule has 20 nitrogen and oxygen atoms in total. The third kappa shape index (κ3) is 17.5. The number of carbonyl (C=O) groups excluding carboxylic acids is 6. The Labute approximate surface area is 249 Å². The molecule has 0 aromatic rings. The number of carboxylic acid groups (broad SMARTS) is 4. The smallest absolute Gasteiger partial charge is 0.326 e. The Kier molecular flexibility index (Phi) is 17.4. The van der Waals surface area contributed by atoms with Gasteiger partial charge in [0.1, 0.15) is 24.2 Å². The molecule has 0 aliphatic rings. The van der Waals surface area contributed by atoms with Crippen molar-refractivity contribution in [1.82, 2.24) is 26.6 Å². The van der Waals surface area contributed by atoms with Gasteiger partial charge in [-0.05, 0) is 25.7 Å². The monoisotopic (exact) mass is 632 g/mol. The highest BCUT2D eigenvalue weighted by Gasteiger charge is 2.27. The van der Waals surface area contributed by atoms with E-state index in [4.69, 9.17) is 10.8 Å². The number of nitrogens with one attached hydrogen (secondary N) is 5. The molecule has 4 atom stereocenters. The normalized spacial score (nSPS) is 13.1. The molecule has 0 unspecified atom stereocenters. The summed E-state index contributed by atoms with van der Waals surface area (Å²) in [4.78, 5) is 116. The summed E-state index contributed by atoms with van der Waals surface area (Å²) in [6.45, 7) is 0.607. The van der Waals surface area contributed by atoms with E-state index >= 15 is 0 Å². The highest BCUT2D eigenvalue weighted by molar-refractivity contribution is 5.88. The van der Waals surface area contributed by atoms with Crippen molar-refractivity contribution >= 4 is 59.3 Å². The van der Waals surface area contributed by atoms with E-state index in [1.807, 2.05) is 0 Å². The van der Waals surface area contributed by atoms with Crippen LogP contribution in [-0.2, 0) is 47.9 Å². The Morgan fingerprint density at radius 3 is 1.02 bits per heavy atom. The predicted octanol–water partition coefficient (Wildman–Crippen LogP) is -3.99. The van der Waals surface area contributed by atoms with Crippen LogP contribution >= 0.6 is 0 Å². The van der Waals surface area contributed by atoms with E-state index < -0.39 is 122 Å². The first kappa shape index (κ1) is 38.7. The molecule has 0 fully saturated rings. The number of amides is 6. The molecule has 0 rings (SSSR count). The molecule has 20 heteroatoms. The van der Waals surface area contributed by atoms with Gasteiger partial charge in [0.25, 0.3) is 0 Å². The average Bonchev–Trinajstić information content (AvgIpc) is 2.91. The predicted molar refractivity (Wildman–Crippen MR) is 143 cm³/mol. The van der Waals surface area contributed by atoms with Crippen molar-refractivity contribution in [2.24, 2.45) is 5.73 Å². The Morgan fingerprint density at radius 2 is 0.773 bits per heavy atom. The summed E-state index contributed by atoms with van der Waals surface area (Å²) in [6.07, 6.45) is -3.66. The van der Waals surface area contributed by atoms with Crippen LogP contribution in [-0.4, -0.2) is 110 Å². The van der Waals surface area contributed by atoms with Crippen molar-refractivity contribution in [3.8, 4) is 0 Å². The van der Waals surface area contributed by atoms with E-state index in [1.165, 1.54) is 0 Å². The summed E-state index contributed by atoms with van der Waals surface area (Å²) in [5, 5.41) is 47.6. The zero-order chi connectivity index (χ0) is 34.0. The fraction of sp³-hybridized carbons (Fsp3) is 0.583. The molecule has 0 saturated carbocycles. The van der Waals surface area contributed by atoms with Crippen LogP contribution in [0, 0.1) is 0 Å². The van der Waals surface area contributed by atoms with E-state index in [0.717, 1.165) is 6.92 Å². The highest BCUT2D eigenvalue weighted by atomic mass is 16.4. The molecule has 0 aliphatic heterocycles. The number of nitrogens with two attached hydrogens (primary N) is 1. The number of carbonyl (C=O) groups is 10. The van der Waals surface area contributed by atoms with Crippen LogP contribution in [0.1, 0.15) is 58.3 Å². The summed E-state index contributed by atoms with van der Waals surface area (Å²) in [7, 11) is 0. The van der Waals surface area contributed by atoms with Gasteiger partial charge in [-0.1, -0.05) is 0 Å². The van der Waals surface area contributed by atoms with Crippen molar-refractivity contribution < 1.29 is 68.4 Å². The van der Waals surface area contributed by atoms with Gasteiger partial charge in [0, 0.05) is 32.6 Å². The van der Waals surface area contributed by atoms with E-state index in [0.29, 0.717) is 0 Å². The fourth-order valence-electron chi connectivity index (χ4n) is 3.45. The summed E-state index contributed by atoms with van der Waals surface area (Å²) >= 11 is 0. The van der Waals surface area contributed by atoms with Crippen LogP contribution in [0.2, 0.25) is 0 Å². The summed E-state index contributed by atoms with van der Waals surface area (Å²) in [5.74, 6) is -10.9. The summed E-state index contributed by atoms with van der Waals surface area (Å²) in [6, 6.07) is -6.14. The molecular formula is C24H36N6O14. The van der Waals surface area contributed by atoms with Gasteiger partial charge in [0.2, 0.25) is 35.4 Å². The summed E-state index contributed by atoms with van der Waals surface area (Å²) < 4.78 is 0. The second kappa shape index (κ2) is 19.8. The maximum Gasteiger partial charge on any atom is 0.326 e. The molecule has 246 valence electrons. The lowest BCUT2D eigenvalue weighted by Crippen LogP contribution is -2.45. The largest absolute Gasteiger partial charge is 0.480 e. The Balaban J connectivity index is 4.88. The van der Waals surface area contributed by atoms with Gasteiger partial charge in [-0.15, -0.1) is 0 Å².